The zero-order valence-electron chi connectivity index (χ0n) is 7.58. The maximum absolute atomic E-state index is 11.5. The number of aryl methyl sites for hydroxylation is 2. The first-order valence-corrected chi connectivity index (χ1v) is 6.13. The van der Waals surface area contributed by atoms with Gasteiger partial charge in [0.15, 0.2) is 9.84 Å². The van der Waals surface area contributed by atoms with Gasteiger partial charge in [-0.05, 0) is 30.0 Å². The molecule has 0 bridgehead atoms. The standard InChI is InChI=1S/C10H12O2S/c1-2-8-3-4-10-9(7-8)5-6-13(10,11)12/h3-4,7H,2,5-6H2,1H3. The first-order chi connectivity index (χ1) is 6.13. The summed E-state index contributed by atoms with van der Waals surface area (Å²) in [5.74, 6) is 0.287. The van der Waals surface area contributed by atoms with Crippen molar-refractivity contribution in [3.8, 4) is 0 Å². The minimum atomic E-state index is -2.93. The summed E-state index contributed by atoms with van der Waals surface area (Å²) >= 11 is 0. The van der Waals surface area contributed by atoms with Gasteiger partial charge in [-0.3, -0.25) is 0 Å². The van der Waals surface area contributed by atoms with Crippen molar-refractivity contribution in [3.05, 3.63) is 29.3 Å². The molecule has 0 amide bonds. The zero-order chi connectivity index (χ0) is 9.47. The number of sulfone groups is 1. The Kier molecular flexibility index (Phi) is 1.91. The summed E-state index contributed by atoms with van der Waals surface area (Å²) in [6.07, 6.45) is 1.65. The van der Waals surface area contributed by atoms with Crippen LogP contribution in [-0.2, 0) is 22.7 Å². The van der Waals surface area contributed by atoms with Crippen molar-refractivity contribution in [3.63, 3.8) is 0 Å². The summed E-state index contributed by atoms with van der Waals surface area (Å²) < 4.78 is 22.9. The molecule has 3 heteroatoms. The van der Waals surface area contributed by atoms with Gasteiger partial charge in [-0.2, -0.15) is 0 Å². The fourth-order valence-electron chi connectivity index (χ4n) is 1.71. The highest BCUT2D eigenvalue weighted by Crippen LogP contribution is 2.26. The molecule has 0 aliphatic carbocycles. The van der Waals surface area contributed by atoms with Crippen LogP contribution >= 0.6 is 0 Å². The minimum Gasteiger partial charge on any atom is -0.224 e. The van der Waals surface area contributed by atoms with E-state index in [1.807, 2.05) is 12.1 Å². The van der Waals surface area contributed by atoms with Crippen molar-refractivity contribution in [1.82, 2.24) is 0 Å². The molecule has 0 spiro atoms. The van der Waals surface area contributed by atoms with E-state index in [1.165, 1.54) is 5.56 Å². The van der Waals surface area contributed by atoms with Crippen molar-refractivity contribution < 1.29 is 8.42 Å². The summed E-state index contributed by atoms with van der Waals surface area (Å²) in [4.78, 5) is 0.546. The largest absolute Gasteiger partial charge is 0.224 e. The Morgan fingerprint density at radius 2 is 2.15 bits per heavy atom. The molecule has 0 radical (unpaired) electrons. The fourth-order valence-corrected chi connectivity index (χ4v) is 3.25. The number of rotatable bonds is 1. The Labute approximate surface area is 78.5 Å². The van der Waals surface area contributed by atoms with Crippen LogP contribution in [0.4, 0.5) is 0 Å². The maximum atomic E-state index is 11.5. The van der Waals surface area contributed by atoms with E-state index in [-0.39, 0.29) is 5.75 Å². The number of fused-ring (bicyclic) bond motifs is 1. The topological polar surface area (TPSA) is 34.1 Å². The van der Waals surface area contributed by atoms with Crippen molar-refractivity contribution in [1.29, 1.82) is 0 Å². The number of hydrogen-bond acceptors (Lipinski definition) is 2. The van der Waals surface area contributed by atoms with Gasteiger partial charge in [0.05, 0.1) is 10.6 Å². The Morgan fingerprint density at radius 1 is 1.38 bits per heavy atom. The lowest BCUT2D eigenvalue weighted by atomic mass is 10.1. The molecule has 1 heterocycles. The van der Waals surface area contributed by atoms with Crippen molar-refractivity contribution >= 4 is 9.84 Å². The van der Waals surface area contributed by atoms with Crippen LogP contribution in [0, 0.1) is 0 Å². The maximum Gasteiger partial charge on any atom is 0.178 e. The summed E-state index contributed by atoms with van der Waals surface area (Å²) in [5, 5.41) is 0. The van der Waals surface area contributed by atoms with E-state index in [0.29, 0.717) is 11.3 Å². The van der Waals surface area contributed by atoms with Gasteiger partial charge < -0.3 is 0 Å². The van der Waals surface area contributed by atoms with Gasteiger partial charge in [0.25, 0.3) is 0 Å². The molecular formula is C10H12O2S. The molecule has 2 rings (SSSR count). The Hall–Kier alpha value is -0.830. The summed E-state index contributed by atoms with van der Waals surface area (Å²) in [6, 6.07) is 5.66. The fraction of sp³-hybridized carbons (Fsp3) is 0.400. The lowest BCUT2D eigenvalue weighted by Crippen LogP contribution is -1.98. The molecule has 13 heavy (non-hydrogen) atoms. The molecule has 0 fully saturated rings. The second-order valence-electron chi connectivity index (χ2n) is 3.36. The third-order valence-corrected chi connectivity index (χ3v) is 4.32. The molecule has 1 aromatic rings. The molecule has 1 aliphatic heterocycles. The van der Waals surface area contributed by atoms with Gasteiger partial charge in [0.1, 0.15) is 0 Å². The van der Waals surface area contributed by atoms with E-state index in [9.17, 15) is 8.42 Å². The normalized spacial score (nSPS) is 18.5. The second kappa shape index (κ2) is 2.84. The second-order valence-corrected chi connectivity index (χ2v) is 5.44. The van der Waals surface area contributed by atoms with E-state index in [1.54, 1.807) is 6.07 Å². The number of hydrogen-bond donors (Lipinski definition) is 0. The molecular weight excluding hydrogens is 184 g/mol. The summed E-state index contributed by atoms with van der Waals surface area (Å²) in [6.45, 7) is 2.07. The first kappa shape index (κ1) is 8.75. The predicted octanol–water partition coefficient (Wildman–Crippen LogP) is 1.58. The SMILES string of the molecule is CCc1ccc2c(c1)CCS2(=O)=O. The molecule has 0 saturated heterocycles. The highest BCUT2D eigenvalue weighted by Gasteiger charge is 2.25. The van der Waals surface area contributed by atoms with Gasteiger partial charge in [-0.1, -0.05) is 19.1 Å². The smallest absolute Gasteiger partial charge is 0.178 e. The lowest BCUT2D eigenvalue weighted by Gasteiger charge is -2.00. The van der Waals surface area contributed by atoms with Crippen LogP contribution in [0.15, 0.2) is 23.1 Å². The van der Waals surface area contributed by atoms with Crippen molar-refractivity contribution in [2.45, 2.75) is 24.7 Å². The van der Waals surface area contributed by atoms with Crippen LogP contribution in [0.2, 0.25) is 0 Å². The van der Waals surface area contributed by atoms with E-state index in [2.05, 4.69) is 6.92 Å². The third kappa shape index (κ3) is 1.37. The molecule has 0 N–H and O–H groups in total. The van der Waals surface area contributed by atoms with E-state index in [0.717, 1.165) is 12.0 Å². The van der Waals surface area contributed by atoms with Gasteiger partial charge in [0.2, 0.25) is 0 Å². The van der Waals surface area contributed by atoms with Crippen LogP contribution in [0.5, 0.6) is 0 Å². The van der Waals surface area contributed by atoms with E-state index < -0.39 is 9.84 Å². The van der Waals surface area contributed by atoms with E-state index in [4.69, 9.17) is 0 Å². The first-order valence-electron chi connectivity index (χ1n) is 4.48. The molecule has 0 atom stereocenters. The van der Waals surface area contributed by atoms with Crippen molar-refractivity contribution in [2.75, 3.05) is 5.75 Å². The molecule has 2 nitrogen and oxygen atoms in total. The average Bonchev–Trinajstić information content (AvgIpc) is 2.42. The Balaban J connectivity index is 2.59. The quantitative estimate of drug-likeness (QED) is 0.683. The molecule has 1 aromatic carbocycles. The minimum absolute atomic E-state index is 0.287. The molecule has 1 aliphatic rings. The zero-order valence-corrected chi connectivity index (χ0v) is 8.39. The Bertz CT molecular complexity index is 432. The highest BCUT2D eigenvalue weighted by atomic mass is 32.2. The monoisotopic (exact) mass is 196 g/mol. The Morgan fingerprint density at radius 3 is 2.85 bits per heavy atom. The van der Waals surface area contributed by atoms with Gasteiger partial charge >= 0.3 is 0 Å². The van der Waals surface area contributed by atoms with Crippen LogP contribution in [-0.4, -0.2) is 14.2 Å². The molecule has 70 valence electrons. The lowest BCUT2D eigenvalue weighted by molar-refractivity contribution is 0.600. The van der Waals surface area contributed by atoms with Gasteiger partial charge in [0, 0.05) is 0 Å². The number of benzene rings is 1. The van der Waals surface area contributed by atoms with Gasteiger partial charge in [-0.15, -0.1) is 0 Å². The van der Waals surface area contributed by atoms with Crippen LogP contribution < -0.4 is 0 Å². The average molecular weight is 196 g/mol. The predicted molar refractivity (Wildman–Crippen MR) is 51.6 cm³/mol. The van der Waals surface area contributed by atoms with Crippen molar-refractivity contribution in [2.24, 2.45) is 0 Å². The summed E-state index contributed by atoms with van der Waals surface area (Å²) in [7, 11) is -2.93. The molecule has 0 aromatic heterocycles. The molecule has 0 saturated carbocycles. The van der Waals surface area contributed by atoms with Gasteiger partial charge in [-0.25, -0.2) is 8.42 Å². The van der Waals surface area contributed by atoms with Crippen LogP contribution in [0.25, 0.3) is 0 Å². The van der Waals surface area contributed by atoms with Crippen LogP contribution in [0.3, 0.4) is 0 Å². The summed E-state index contributed by atoms with van der Waals surface area (Å²) in [5.41, 5.74) is 2.22. The van der Waals surface area contributed by atoms with Crippen LogP contribution in [0.1, 0.15) is 18.1 Å². The third-order valence-electron chi connectivity index (χ3n) is 2.51. The molecule has 0 unspecified atom stereocenters. The van der Waals surface area contributed by atoms with E-state index >= 15 is 0 Å². The highest BCUT2D eigenvalue weighted by molar-refractivity contribution is 7.91.